The highest BCUT2D eigenvalue weighted by Gasteiger charge is 2.23. The Hall–Kier alpha value is -3.58. The first-order valence-corrected chi connectivity index (χ1v) is 13.0. The molecular weight excluding hydrogens is 468 g/mol. The highest BCUT2D eigenvalue weighted by molar-refractivity contribution is 8.00. The van der Waals surface area contributed by atoms with Crippen molar-refractivity contribution in [3.05, 3.63) is 83.9 Å². The smallest absolute Gasteiger partial charge is 0.237 e. The largest absolute Gasteiger partial charge is 0.497 e. The number of para-hydroxylation sites is 1. The molecular formula is C29H32N4O2S. The fourth-order valence-corrected chi connectivity index (χ4v) is 4.81. The van der Waals surface area contributed by atoms with E-state index in [0.29, 0.717) is 11.1 Å². The SMILES string of the molecule is CCc1ccc(NC(=O)C(C)Sc2nnc(-c3ccc(OC)cc3)n2-c2ccccc2C(C)C)cc1. The summed E-state index contributed by atoms with van der Waals surface area (Å²) in [6.07, 6.45) is 0.963. The molecule has 36 heavy (non-hydrogen) atoms. The van der Waals surface area contributed by atoms with Crippen LogP contribution < -0.4 is 10.1 Å². The molecule has 0 bridgehead atoms. The van der Waals surface area contributed by atoms with E-state index in [9.17, 15) is 4.79 Å². The highest BCUT2D eigenvalue weighted by atomic mass is 32.2. The van der Waals surface area contributed by atoms with Gasteiger partial charge in [-0.2, -0.15) is 0 Å². The summed E-state index contributed by atoms with van der Waals surface area (Å²) in [5.41, 5.74) is 5.13. The number of hydrogen-bond acceptors (Lipinski definition) is 5. The lowest BCUT2D eigenvalue weighted by Crippen LogP contribution is -2.23. The van der Waals surface area contributed by atoms with E-state index in [4.69, 9.17) is 4.74 Å². The molecule has 1 N–H and O–H groups in total. The number of amides is 1. The van der Waals surface area contributed by atoms with Crippen molar-refractivity contribution in [3.63, 3.8) is 0 Å². The van der Waals surface area contributed by atoms with Crippen LogP contribution in [0.3, 0.4) is 0 Å². The van der Waals surface area contributed by atoms with E-state index >= 15 is 0 Å². The standard InChI is InChI=1S/C29H32N4O2S/c1-6-21-11-15-23(16-12-21)30-28(34)20(4)36-29-32-31-27(22-13-17-24(35-5)18-14-22)33(29)26-10-8-7-9-25(26)19(2)3/h7-20H,6H2,1-5H3,(H,30,34). The van der Waals surface area contributed by atoms with Gasteiger partial charge in [-0.25, -0.2) is 0 Å². The zero-order valence-corrected chi connectivity index (χ0v) is 22.2. The second-order valence-corrected chi connectivity index (χ2v) is 10.2. The molecule has 186 valence electrons. The van der Waals surface area contributed by atoms with E-state index in [1.165, 1.54) is 22.9 Å². The highest BCUT2D eigenvalue weighted by Crippen LogP contribution is 2.34. The van der Waals surface area contributed by atoms with Crippen LogP contribution in [0.1, 0.15) is 44.7 Å². The number of carbonyl (C=O) groups excluding carboxylic acids is 1. The van der Waals surface area contributed by atoms with E-state index in [2.05, 4.69) is 53.0 Å². The van der Waals surface area contributed by atoms with Gasteiger partial charge in [0, 0.05) is 11.3 Å². The zero-order valence-electron chi connectivity index (χ0n) is 21.4. The molecule has 1 heterocycles. The molecule has 0 saturated heterocycles. The van der Waals surface area contributed by atoms with Gasteiger partial charge in [0.05, 0.1) is 18.0 Å². The van der Waals surface area contributed by atoms with Gasteiger partial charge in [0.1, 0.15) is 5.75 Å². The van der Waals surface area contributed by atoms with Crippen molar-refractivity contribution in [1.82, 2.24) is 14.8 Å². The third-order valence-electron chi connectivity index (χ3n) is 6.06. The fraction of sp³-hybridized carbons (Fsp3) is 0.276. The lowest BCUT2D eigenvalue weighted by atomic mass is 10.0. The summed E-state index contributed by atoms with van der Waals surface area (Å²) in [5.74, 6) is 1.72. The van der Waals surface area contributed by atoms with E-state index in [1.807, 2.05) is 67.6 Å². The van der Waals surface area contributed by atoms with Crippen LogP contribution in [-0.4, -0.2) is 33.0 Å². The minimum absolute atomic E-state index is 0.0815. The second kappa shape index (κ2) is 11.4. The van der Waals surface area contributed by atoms with Gasteiger partial charge in [-0.3, -0.25) is 9.36 Å². The molecule has 4 rings (SSSR count). The molecule has 1 aromatic heterocycles. The Kier molecular flexibility index (Phi) is 8.10. The Labute approximate surface area is 217 Å². The third-order valence-corrected chi connectivity index (χ3v) is 7.11. The van der Waals surface area contributed by atoms with Gasteiger partial charge < -0.3 is 10.1 Å². The maximum Gasteiger partial charge on any atom is 0.237 e. The molecule has 0 aliphatic heterocycles. The summed E-state index contributed by atoms with van der Waals surface area (Å²) in [4.78, 5) is 13.0. The maximum atomic E-state index is 13.0. The van der Waals surface area contributed by atoms with Crippen LogP contribution >= 0.6 is 11.8 Å². The average molecular weight is 501 g/mol. The first kappa shape index (κ1) is 25.5. The average Bonchev–Trinajstić information content (AvgIpc) is 3.32. The van der Waals surface area contributed by atoms with Gasteiger partial charge in [0.2, 0.25) is 5.91 Å². The number of anilines is 1. The van der Waals surface area contributed by atoms with Crippen molar-refractivity contribution in [2.24, 2.45) is 0 Å². The molecule has 4 aromatic rings. The summed E-state index contributed by atoms with van der Waals surface area (Å²) in [6, 6.07) is 24.0. The number of thioether (sulfide) groups is 1. The Balaban J connectivity index is 1.68. The summed E-state index contributed by atoms with van der Waals surface area (Å²) < 4.78 is 7.38. The molecule has 0 aliphatic carbocycles. The van der Waals surface area contributed by atoms with Crippen LogP contribution in [0.25, 0.3) is 17.1 Å². The predicted molar refractivity (Wildman–Crippen MR) is 147 cm³/mol. The van der Waals surface area contributed by atoms with Gasteiger partial charge in [-0.1, -0.05) is 62.9 Å². The number of benzene rings is 3. The predicted octanol–water partition coefficient (Wildman–Crippen LogP) is 6.75. The van der Waals surface area contributed by atoms with Crippen LogP contribution in [0.4, 0.5) is 5.69 Å². The van der Waals surface area contributed by atoms with Crippen LogP contribution in [0.5, 0.6) is 5.75 Å². The van der Waals surface area contributed by atoms with Crippen molar-refractivity contribution < 1.29 is 9.53 Å². The molecule has 0 aliphatic rings. The topological polar surface area (TPSA) is 69.0 Å². The first-order chi connectivity index (χ1) is 17.4. The molecule has 0 radical (unpaired) electrons. The monoisotopic (exact) mass is 500 g/mol. The van der Waals surface area contributed by atoms with E-state index in [1.54, 1.807) is 7.11 Å². The summed E-state index contributed by atoms with van der Waals surface area (Å²) >= 11 is 1.40. The third kappa shape index (κ3) is 5.62. The van der Waals surface area contributed by atoms with E-state index in [-0.39, 0.29) is 11.2 Å². The van der Waals surface area contributed by atoms with Crippen molar-refractivity contribution >= 4 is 23.4 Å². The Morgan fingerprint density at radius 3 is 2.31 bits per heavy atom. The summed E-state index contributed by atoms with van der Waals surface area (Å²) in [7, 11) is 1.65. The molecule has 3 aromatic carbocycles. The van der Waals surface area contributed by atoms with Crippen molar-refractivity contribution in [2.45, 2.75) is 50.4 Å². The molecule has 1 atom stereocenters. The van der Waals surface area contributed by atoms with Gasteiger partial charge in [0.25, 0.3) is 0 Å². The van der Waals surface area contributed by atoms with Gasteiger partial charge >= 0.3 is 0 Å². The quantitative estimate of drug-likeness (QED) is 0.258. The van der Waals surface area contributed by atoms with Crippen LogP contribution in [-0.2, 0) is 11.2 Å². The van der Waals surface area contributed by atoms with Gasteiger partial charge in [0.15, 0.2) is 11.0 Å². The summed E-state index contributed by atoms with van der Waals surface area (Å²) in [5, 5.41) is 12.4. The number of nitrogens with one attached hydrogen (secondary N) is 1. The summed E-state index contributed by atoms with van der Waals surface area (Å²) in [6.45, 7) is 8.34. The molecule has 0 saturated carbocycles. The molecule has 0 spiro atoms. The first-order valence-electron chi connectivity index (χ1n) is 12.2. The fourth-order valence-electron chi connectivity index (χ4n) is 3.95. The number of methoxy groups -OCH3 is 1. The van der Waals surface area contributed by atoms with Crippen LogP contribution in [0, 0.1) is 0 Å². The second-order valence-electron chi connectivity index (χ2n) is 8.88. The number of ether oxygens (including phenoxy) is 1. The lowest BCUT2D eigenvalue weighted by molar-refractivity contribution is -0.115. The molecule has 6 nitrogen and oxygen atoms in total. The minimum atomic E-state index is -0.381. The number of hydrogen-bond donors (Lipinski definition) is 1. The van der Waals surface area contributed by atoms with Crippen molar-refractivity contribution in [3.8, 4) is 22.8 Å². The molecule has 1 amide bonds. The van der Waals surface area contributed by atoms with Crippen LogP contribution in [0.2, 0.25) is 0 Å². The van der Waals surface area contributed by atoms with E-state index in [0.717, 1.165) is 34.9 Å². The van der Waals surface area contributed by atoms with E-state index < -0.39 is 0 Å². The number of rotatable bonds is 9. The molecule has 1 unspecified atom stereocenters. The number of nitrogens with zero attached hydrogens (tertiary/aromatic N) is 3. The molecule has 7 heteroatoms. The minimum Gasteiger partial charge on any atom is -0.497 e. The Bertz CT molecular complexity index is 1310. The van der Waals surface area contributed by atoms with Crippen molar-refractivity contribution in [2.75, 3.05) is 12.4 Å². The number of aromatic nitrogens is 3. The maximum absolute atomic E-state index is 13.0. The normalized spacial score (nSPS) is 11.9. The van der Waals surface area contributed by atoms with Crippen molar-refractivity contribution in [1.29, 1.82) is 0 Å². The van der Waals surface area contributed by atoms with Gasteiger partial charge in [-0.15, -0.1) is 10.2 Å². The number of aryl methyl sites for hydroxylation is 1. The Morgan fingerprint density at radius 2 is 1.67 bits per heavy atom. The lowest BCUT2D eigenvalue weighted by Gasteiger charge is -2.18. The number of carbonyl (C=O) groups is 1. The molecule has 0 fully saturated rings. The van der Waals surface area contributed by atoms with Crippen LogP contribution in [0.15, 0.2) is 78.0 Å². The van der Waals surface area contributed by atoms with Gasteiger partial charge in [-0.05, 0) is 72.9 Å². The Morgan fingerprint density at radius 1 is 0.972 bits per heavy atom. The zero-order chi connectivity index (χ0) is 25.7.